The number of carbonyl (C=O) groups is 2. The summed E-state index contributed by atoms with van der Waals surface area (Å²) in [5.74, 6) is -0.445. The van der Waals surface area contributed by atoms with Gasteiger partial charge in [-0.15, -0.1) is 0 Å². The Morgan fingerprint density at radius 2 is 1.80 bits per heavy atom. The molecule has 0 saturated carbocycles. The van der Waals surface area contributed by atoms with Gasteiger partial charge in [0.2, 0.25) is 5.69 Å². The van der Waals surface area contributed by atoms with Crippen LogP contribution in [0, 0.1) is 6.57 Å². The normalized spacial score (nSPS) is 14.1. The zero-order chi connectivity index (χ0) is 31.0. The molecule has 0 bridgehead atoms. The van der Waals surface area contributed by atoms with E-state index in [2.05, 4.69) is 31.4 Å². The number of anilines is 1. The molecule has 0 unspecified atom stereocenters. The largest absolute Gasteiger partial charge is 0.377 e. The van der Waals surface area contributed by atoms with Crippen LogP contribution in [0.1, 0.15) is 44.5 Å². The Morgan fingerprint density at radius 3 is 2.50 bits per heavy atom. The quantitative estimate of drug-likeness (QED) is 0.241. The Hall–Kier alpha value is -5.21. The van der Waals surface area contributed by atoms with Crippen LogP contribution >= 0.6 is 15.9 Å². The molecule has 6 rings (SSSR count). The molecule has 0 radical (unpaired) electrons. The van der Waals surface area contributed by atoms with Gasteiger partial charge in [0.25, 0.3) is 17.4 Å². The van der Waals surface area contributed by atoms with Crippen molar-refractivity contribution in [2.24, 2.45) is 0 Å². The van der Waals surface area contributed by atoms with Crippen molar-refractivity contribution in [1.82, 2.24) is 24.4 Å². The molecule has 5 aromatic rings. The number of amides is 2. The molecule has 220 valence electrons. The van der Waals surface area contributed by atoms with Crippen LogP contribution in [0.2, 0.25) is 0 Å². The van der Waals surface area contributed by atoms with Gasteiger partial charge in [-0.2, -0.15) is 5.10 Å². The lowest BCUT2D eigenvalue weighted by molar-refractivity contribution is 0.0651. The van der Waals surface area contributed by atoms with Crippen LogP contribution in [-0.2, 0) is 19.5 Å². The van der Waals surface area contributed by atoms with Gasteiger partial charge in [-0.25, -0.2) is 9.36 Å². The van der Waals surface area contributed by atoms with Crippen molar-refractivity contribution in [3.63, 3.8) is 0 Å². The van der Waals surface area contributed by atoms with E-state index < -0.39 is 0 Å². The summed E-state index contributed by atoms with van der Waals surface area (Å²) in [7, 11) is 1.57. The third kappa shape index (κ3) is 5.14. The zero-order valence-corrected chi connectivity index (χ0v) is 25.6. The smallest absolute Gasteiger partial charge is 0.261 e. The van der Waals surface area contributed by atoms with E-state index in [1.165, 1.54) is 0 Å². The van der Waals surface area contributed by atoms with Crippen LogP contribution in [0.4, 0.5) is 11.4 Å². The van der Waals surface area contributed by atoms with Crippen molar-refractivity contribution in [2.45, 2.75) is 32.5 Å². The average Bonchev–Trinajstić information content (AvgIpc) is 3.47. The lowest BCUT2D eigenvalue weighted by Gasteiger charge is -2.35. The molecule has 44 heavy (non-hydrogen) atoms. The van der Waals surface area contributed by atoms with E-state index in [0.29, 0.717) is 62.5 Å². The summed E-state index contributed by atoms with van der Waals surface area (Å²) < 4.78 is 3.97. The summed E-state index contributed by atoms with van der Waals surface area (Å²) in [6.07, 6.45) is 2.01. The third-order valence-electron chi connectivity index (χ3n) is 7.89. The highest BCUT2D eigenvalue weighted by atomic mass is 79.9. The second-order valence-corrected chi connectivity index (χ2v) is 11.4. The van der Waals surface area contributed by atoms with Crippen LogP contribution in [-0.4, -0.2) is 44.0 Å². The van der Waals surface area contributed by atoms with Gasteiger partial charge in [-0.1, -0.05) is 58.4 Å². The number of carbonyl (C=O) groups excluding carboxylic acids is 2. The molecule has 11 heteroatoms. The Morgan fingerprint density at radius 1 is 1.07 bits per heavy atom. The van der Waals surface area contributed by atoms with E-state index in [1.807, 2.05) is 37.3 Å². The average molecular weight is 651 g/mol. The first-order chi connectivity index (χ1) is 21.3. The number of nitrogens with one attached hydrogen (secondary N) is 2. The standard InChI is InChI=1S/C33H28BrN7O3/c1-20-15-25-29(19-39(20)32(43)23-11-14-26(34)27(16-23)35-2)41-31(28(18-38-41)37-17-21-7-5-4-6-8-21)40(33(25)44)24-12-9-22(10-13-24)30(42)36-3/h4-14,16,18,20,37H,15,17,19H2,1,3H3,(H,36,42)/t20-/m1/s1. The Balaban J connectivity index is 1.47. The fourth-order valence-corrected chi connectivity index (χ4v) is 5.90. The first kappa shape index (κ1) is 28.9. The Kier molecular flexibility index (Phi) is 7.76. The summed E-state index contributed by atoms with van der Waals surface area (Å²) in [6.45, 7) is 10.0. The van der Waals surface area contributed by atoms with Crippen molar-refractivity contribution in [1.29, 1.82) is 0 Å². The molecule has 1 atom stereocenters. The highest BCUT2D eigenvalue weighted by Gasteiger charge is 2.33. The van der Waals surface area contributed by atoms with E-state index in [0.717, 1.165) is 5.56 Å². The number of benzene rings is 3. The van der Waals surface area contributed by atoms with Crippen molar-refractivity contribution in [3.8, 4) is 5.69 Å². The SMILES string of the molecule is [C-]#[N+]c1cc(C(=O)N2Cc3c(c(=O)n(-c4ccc(C(=O)NC)cc4)c4c(NCc5ccccc5)cnn34)C[C@H]2C)ccc1Br. The van der Waals surface area contributed by atoms with Gasteiger partial charge in [0.15, 0.2) is 5.65 Å². The van der Waals surface area contributed by atoms with Gasteiger partial charge in [-0.3, -0.25) is 19.0 Å². The Labute approximate surface area is 261 Å². The maximum absolute atomic E-state index is 14.3. The van der Waals surface area contributed by atoms with Gasteiger partial charge in [0, 0.05) is 40.8 Å². The fraction of sp³-hybridized carbons (Fsp3) is 0.182. The molecule has 2 aromatic heterocycles. The van der Waals surface area contributed by atoms with Gasteiger partial charge in [-0.05, 0) is 49.2 Å². The van der Waals surface area contributed by atoms with Crippen molar-refractivity contribution < 1.29 is 9.59 Å². The van der Waals surface area contributed by atoms with Crippen molar-refractivity contribution >= 4 is 44.8 Å². The summed E-state index contributed by atoms with van der Waals surface area (Å²) in [6, 6.07) is 21.5. The molecule has 3 aromatic carbocycles. The highest BCUT2D eigenvalue weighted by molar-refractivity contribution is 9.10. The maximum atomic E-state index is 14.3. The molecule has 0 fully saturated rings. The number of rotatable bonds is 6. The first-order valence-electron chi connectivity index (χ1n) is 14.0. The molecule has 10 nitrogen and oxygen atoms in total. The molecular weight excluding hydrogens is 622 g/mol. The number of hydrogen-bond acceptors (Lipinski definition) is 5. The lowest BCUT2D eigenvalue weighted by atomic mass is 9.98. The van der Waals surface area contributed by atoms with Gasteiger partial charge in [0.05, 0.1) is 36.4 Å². The molecule has 0 spiro atoms. The first-order valence-corrected chi connectivity index (χ1v) is 14.8. The maximum Gasteiger partial charge on any atom is 0.261 e. The predicted octanol–water partition coefficient (Wildman–Crippen LogP) is 5.36. The zero-order valence-electron chi connectivity index (χ0n) is 24.0. The van der Waals surface area contributed by atoms with E-state index in [-0.39, 0.29) is 30.0 Å². The van der Waals surface area contributed by atoms with Gasteiger partial charge >= 0.3 is 0 Å². The second kappa shape index (κ2) is 11.8. The lowest BCUT2D eigenvalue weighted by Crippen LogP contribution is -2.46. The fourth-order valence-electron chi connectivity index (χ4n) is 5.56. The van der Waals surface area contributed by atoms with Crippen LogP contribution in [0.3, 0.4) is 0 Å². The molecule has 2 amide bonds. The van der Waals surface area contributed by atoms with Crippen LogP contribution in [0.5, 0.6) is 0 Å². The molecule has 1 aliphatic rings. The number of halogens is 1. The van der Waals surface area contributed by atoms with Crippen molar-refractivity contribution in [3.05, 3.63) is 133 Å². The second-order valence-electron chi connectivity index (χ2n) is 10.6. The monoisotopic (exact) mass is 649 g/mol. The highest BCUT2D eigenvalue weighted by Crippen LogP contribution is 2.31. The van der Waals surface area contributed by atoms with E-state index in [4.69, 9.17) is 11.7 Å². The Bertz CT molecular complexity index is 2010. The topological polar surface area (TPSA) is 105 Å². The van der Waals surface area contributed by atoms with Crippen LogP contribution < -0.4 is 16.2 Å². The minimum atomic E-state index is -0.282. The summed E-state index contributed by atoms with van der Waals surface area (Å²) in [5, 5.41) is 10.8. The minimum Gasteiger partial charge on any atom is -0.377 e. The van der Waals surface area contributed by atoms with Gasteiger partial charge in [0.1, 0.15) is 0 Å². The summed E-state index contributed by atoms with van der Waals surface area (Å²) >= 11 is 3.36. The molecule has 1 aliphatic heterocycles. The summed E-state index contributed by atoms with van der Waals surface area (Å²) in [5.41, 5.74) is 5.06. The van der Waals surface area contributed by atoms with E-state index >= 15 is 0 Å². The molecule has 2 N–H and O–H groups in total. The third-order valence-corrected chi connectivity index (χ3v) is 8.56. The van der Waals surface area contributed by atoms with E-state index in [9.17, 15) is 14.4 Å². The molecule has 3 heterocycles. The molecule has 0 saturated heterocycles. The van der Waals surface area contributed by atoms with Crippen LogP contribution in [0.25, 0.3) is 16.2 Å². The summed E-state index contributed by atoms with van der Waals surface area (Å²) in [4.78, 5) is 45.5. The van der Waals surface area contributed by atoms with Crippen molar-refractivity contribution in [2.75, 3.05) is 12.4 Å². The number of nitrogens with zero attached hydrogens (tertiary/aromatic N) is 5. The number of hydrogen-bond donors (Lipinski definition) is 2. The number of fused-ring (bicyclic) bond motifs is 3. The predicted molar refractivity (Wildman–Crippen MR) is 171 cm³/mol. The minimum absolute atomic E-state index is 0.167. The molecule has 0 aliphatic carbocycles. The van der Waals surface area contributed by atoms with Gasteiger partial charge < -0.3 is 15.5 Å². The van der Waals surface area contributed by atoms with Crippen LogP contribution in [0.15, 0.2) is 88.3 Å². The molecular formula is C33H28BrN7O3. The number of aromatic nitrogens is 3. The van der Waals surface area contributed by atoms with E-state index in [1.54, 1.807) is 69.7 Å².